The van der Waals surface area contributed by atoms with Crippen LogP contribution < -0.4 is 5.32 Å². The van der Waals surface area contributed by atoms with Crippen LogP contribution in [-0.4, -0.2) is 41.3 Å². The first-order valence-electron chi connectivity index (χ1n) is 5.38. The third kappa shape index (κ3) is 5.86. The lowest BCUT2D eigenvalue weighted by Crippen LogP contribution is -2.44. The van der Waals surface area contributed by atoms with Gasteiger partial charge >= 0.3 is 18.2 Å². The van der Waals surface area contributed by atoms with Gasteiger partial charge in [0.15, 0.2) is 0 Å². The molecule has 0 heterocycles. The number of carbonyl (C=O) groups is 2. The van der Waals surface area contributed by atoms with Crippen LogP contribution in [-0.2, 0) is 4.79 Å². The molecule has 0 atom stereocenters. The van der Waals surface area contributed by atoms with E-state index in [0.29, 0.717) is 0 Å². The number of urea groups is 1. The highest BCUT2D eigenvalue weighted by Crippen LogP contribution is 2.21. The van der Waals surface area contributed by atoms with E-state index >= 15 is 0 Å². The SMILES string of the molecule is O=C(O)CN(CC(F)(F)F)C(=O)Nc1ccc(F)c(Cl)c1. The fourth-order valence-corrected chi connectivity index (χ4v) is 1.54. The number of hydrogen-bond donors (Lipinski definition) is 2. The number of aliphatic carboxylic acids is 1. The fraction of sp³-hybridized carbons (Fsp3) is 0.273. The van der Waals surface area contributed by atoms with E-state index in [9.17, 15) is 27.2 Å². The van der Waals surface area contributed by atoms with Gasteiger partial charge in [-0.2, -0.15) is 13.2 Å². The summed E-state index contributed by atoms with van der Waals surface area (Å²) in [6.45, 7) is -2.87. The minimum Gasteiger partial charge on any atom is -0.480 e. The minimum atomic E-state index is -4.76. The van der Waals surface area contributed by atoms with Crippen LogP contribution in [0.4, 0.5) is 28.0 Å². The number of rotatable bonds is 4. The molecule has 0 aliphatic rings. The highest BCUT2D eigenvalue weighted by molar-refractivity contribution is 6.31. The lowest BCUT2D eigenvalue weighted by Gasteiger charge is -2.22. The number of hydrogen-bond acceptors (Lipinski definition) is 2. The third-order valence-corrected chi connectivity index (χ3v) is 2.44. The maximum absolute atomic E-state index is 12.9. The van der Waals surface area contributed by atoms with Crippen LogP contribution in [0.1, 0.15) is 0 Å². The summed E-state index contributed by atoms with van der Waals surface area (Å²) in [5.41, 5.74) is -0.0658. The molecule has 0 radical (unpaired) electrons. The number of anilines is 1. The number of nitrogens with one attached hydrogen (secondary N) is 1. The van der Waals surface area contributed by atoms with Crippen LogP contribution in [0.5, 0.6) is 0 Å². The topological polar surface area (TPSA) is 69.6 Å². The van der Waals surface area contributed by atoms with Crippen molar-refractivity contribution in [2.45, 2.75) is 6.18 Å². The Balaban J connectivity index is 2.84. The van der Waals surface area contributed by atoms with Crippen LogP contribution in [0.25, 0.3) is 0 Å². The molecule has 0 fully saturated rings. The summed E-state index contributed by atoms with van der Waals surface area (Å²) in [5.74, 6) is -2.38. The Labute approximate surface area is 121 Å². The van der Waals surface area contributed by atoms with Gasteiger partial charge in [-0.15, -0.1) is 0 Å². The van der Waals surface area contributed by atoms with Crippen molar-refractivity contribution in [1.29, 1.82) is 0 Å². The maximum atomic E-state index is 12.9. The van der Waals surface area contributed by atoms with Gasteiger partial charge in [-0.1, -0.05) is 11.6 Å². The molecule has 1 aromatic carbocycles. The molecule has 0 bridgehead atoms. The number of carboxylic acids is 1. The molecule has 0 aliphatic carbocycles. The molecule has 21 heavy (non-hydrogen) atoms. The second-order valence-electron chi connectivity index (χ2n) is 3.92. The standard InChI is InChI=1S/C11H9ClF4N2O3/c12-7-3-6(1-2-8(7)13)17-10(21)18(4-9(19)20)5-11(14,15)16/h1-3H,4-5H2,(H,17,21)(H,19,20). The van der Waals surface area contributed by atoms with Gasteiger partial charge in [-0.25, -0.2) is 9.18 Å². The highest BCUT2D eigenvalue weighted by atomic mass is 35.5. The van der Waals surface area contributed by atoms with E-state index in [-0.39, 0.29) is 15.6 Å². The van der Waals surface area contributed by atoms with E-state index in [2.05, 4.69) is 0 Å². The first-order chi connectivity index (χ1) is 9.58. The van der Waals surface area contributed by atoms with Gasteiger partial charge in [0.05, 0.1) is 5.02 Å². The second kappa shape index (κ2) is 6.61. The fourth-order valence-electron chi connectivity index (χ4n) is 1.36. The van der Waals surface area contributed by atoms with Gasteiger partial charge in [0.2, 0.25) is 0 Å². The zero-order valence-corrected chi connectivity index (χ0v) is 11.0. The van der Waals surface area contributed by atoms with E-state index in [1.807, 2.05) is 5.32 Å². The number of halogens is 5. The van der Waals surface area contributed by atoms with Crippen LogP contribution >= 0.6 is 11.6 Å². The van der Waals surface area contributed by atoms with E-state index in [1.54, 1.807) is 0 Å². The summed E-state index contributed by atoms with van der Waals surface area (Å²) in [7, 11) is 0. The number of carbonyl (C=O) groups excluding carboxylic acids is 1. The van der Waals surface area contributed by atoms with Gasteiger partial charge < -0.3 is 15.3 Å². The zero-order chi connectivity index (χ0) is 16.2. The van der Waals surface area contributed by atoms with Crippen LogP contribution in [0.15, 0.2) is 18.2 Å². The Bertz CT molecular complexity index is 551. The average molecular weight is 329 g/mol. The average Bonchev–Trinajstić information content (AvgIpc) is 2.30. The molecule has 5 nitrogen and oxygen atoms in total. The largest absolute Gasteiger partial charge is 0.480 e. The molecular weight excluding hydrogens is 320 g/mol. The summed E-state index contributed by atoms with van der Waals surface area (Å²) in [6, 6.07) is 1.67. The smallest absolute Gasteiger partial charge is 0.406 e. The Hall–Kier alpha value is -2.03. The molecule has 2 amide bonds. The normalized spacial score (nSPS) is 11.1. The monoisotopic (exact) mass is 328 g/mol. The Kier molecular flexibility index (Phi) is 5.36. The lowest BCUT2D eigenvalue weighted by atomic mass is 10.3. The zero-order valence-electron chi connectivity index (χ0n) is 10.2. The Morgan fingerprint density at radius 2 is 1.95 bits per heavy atom. The Morgan fingerprint density at radius 1 is 1.33 bits per heavy atom. The van der Waals surface area contributed by atoms with Crippen molar-refractivity contribution in [3.63, 3.8) is 0 Å². The molecule has 0 unspecified atom stereocenters. The number of benzene rings is 1. The molecule has 116 valence electrons. The predicted octanol–water partition coefficient (Wildman–Crippen LogP) is 2.96. The van der Waals surface area contributed by atoms with Gasteiger partial charge in [0, 0.05) is 5.69 Å². The molecule has 0 saturated heterocycles. The molecular formula is C11H9ClF4N2O3. The third-order valence-electron chi connectivity index (χ3n) is 2.15. The molecule has 0 aromatic heterocycles. The minimum absolute atomic E-state index is 0.0552. The van der Waals surface area contributed by atoms with Crippen molar-refractivity contribution < 1.29 is 32.3 Å². The molecule has 1 rings (SSSR count). The van der Waals surface area contributed by atoms with Gasteiger partial charge in [0.25, 0.3) is 0 Å². The van der Waals surface area contributed by atoms with Gasteiger partial charge in [-0.05, 0) is 18.2 Å². The quantitative estimate of drug-likeness (QED) is 0.835. The first kappa shape index (κ1) is 17.0. The van der Waals surface area contributed by atoms with Crippen molar-refractivity contribution in [3.05, 3.63) is 29.0 Å². The van der Waals surface area contributed by atoms with Gasteiger partial charge in [-0.3, -0.25) is 4.79 Å². The Morgan fingerprint density at radius 3 is 2.43 bits per heavy atom. The second-order valence-corrected chi connectivity index (χ2v) is 4.33. The molecule has 10 heteroatoms. The molecule has 0 aliphatic heterocycles. The van der Waals surface area contributed by atoms with E-state index in [4.69, 9.17) is 16.7 Å². The number of carboxylic acid groups (broad SMARTS) is 1. The summed E-state index contributed by atoms with van der Waals surface area (Å²) >= 11 is 5.45. The van der Waals surface area contributed by atoms with Crippen molar-refractivity contribution in [2.24, 2.45) is 0 Å². The van der Waals surface area contributed by atoms with Crippen molar-refractivity contribution >= 4 is 29.3 Å². The van der Waals surface area contributed by atoms with E-state index < -0.39 is 37.1 Å². The summed E-state index contributed by atoms with van der Waals surface area (Å²) in [4.78, 5) is 22.2. The predicted molar refractivity (Wildman–Crippen MR) is 65.7 cm³/mol. The lowest BCUT2D eigenvalue weighted by molar-refractivity contribution is -0.148. The number of nitrogens with zero attached hydrogens (tertiary/aromatic N) is 1. The molecule has 1 aromatic rings. The van der Waals surface area contributed by atoms with Crippen molar-refractivity contribution in [3.8, 4) is 0 Å². The molecule has 0 spiro atoms. The van der Waals surface area contributed by atoms with E-state index in [0.717, 1.165) is 18.2 Å². The number of alkyl halides is 3. The van der Waals surface area contributed by atoms with Crippen LogP contribution in [0.3, 0.4) is 0 Å². The molecule has 2 N–H and O–H groups in total. The maximum Gasteiger partial charge on any atom is 0.406 e. The van der Waals surface area contributed by atoms with Crippen LogP contribution in [0, 0.1) is 5.82 Å². The van der Waals surface area contributed by atoms with Gasteiger partial charge in [0.1, 0.15) is 18.9 Å². The van der Waals surface area contributed by atoms with Crippen molar-refractivity contribution in [2.75, 3.05) is 18.4 Å². The molecule has 0 saturated carbocycles. The summed E-state index contributed by atoms with van der Waals surface area (Å²) < 4.78 is 49.8. The van der Waals surface area contributed by atoms with Crippen molar-refractivity contribution in [1.82, 2.24) is 4.90 Å². The van der Waals surface area contributed by atoms with Crippen LogP contribution in [0.2, 0.25) is 5.02 Å². The summed E-state index contributed by atoms with van der Waals surface area (Å²) in [6.07, 6.45) is -4.76. The highest BCUT2D eigenvalue weighted by Gasteiger charge is 2.34. The first-order valence-corrected chi connectivity index (χ1v) is 5.76. The number of amides is 2. The summed E-state index contributed by atoms with van der Waals surface area (Å²) in [5, 5.41) is 10.2. The van der Waals surface area contributed by atoms with E-state index in [1.165, 1.54) is 0 Å².